The molecule has 0 aromatic heterocycles. The molecule has 7 rings (SSSR count). The topological polar surface area (TPSA) is 325 Å². The molecule has 0 bridgehead atoms. The van der Waals surface area contributed by atoms with Gasteiger partial charge >= 0.3 is 0 Å². The summed E-state index contributed by atoms with van der Waals surface area (Å²) in [6.07, 6.45) is 2.89. The molecule has 22 heteroatoms. The summed E-state index contributed by atoms with van der Waals surface area (Å²) < 4.78 is 0. The lowest BCUT2D eigenvalue weighted by Gasteiger charge is -2.33. The fraction of sp³-hybridized carbons (Fsp3) is 0.645. The van der Waals surface area contributed by atoms with E-state index in [0.717, 1.165) is 11.1 Å². The van der Waals surface area contributed by atoms with Crippen molar-refractivity contribution in [2.45, 2.75) is 204 Å². The summed E-state index contributed by atoms with van der Waals surface area (Å²) in [7, 11) is 0. The minimum absolute atomic E-state index is 0.0828. The Hall–Kier alpha value is -6.94. The predicted molar refractivity (Wildman–Crippen MR) is 316 cm³/mol. The van der Waals surface area contributed by atoms with Crippen LogP contribution < -0.4 is 54.0 Å². The van der Waals surface area contributed by atoms with Crippen molar-refractivity contribution in [2.75, 3.05) is 26.2 Å². The van der Waals surface area contributed by atoms with Crippen LogP contribution in [-0.4, -0.2) is 154 Å². The highest BCUT2D eigenvalue weighted by molar-refractivity contribution is 6.03. The summed E-state index contributed by atoms with van der Waals surface area (Å²) in [5.74, 6) is -8.52. The third-order valence-corrected chi connectivity index (χ3v) is 17.3. The molecular weight excluding hydrogens is 1070 g/mol. The first kappa shape index (κ1) is 64.6. The maximum Gasteiger partial charge on any atom is 0.247 e. The van der Waals surface area contributed by atoms with E-state index in [1.54, 1.807) is 27.7 Å². The molecule has 84 heavy (non-hydrogen) atoms. The summed E-state index contributed by atoms with van der Waals surface area (Å²) in [6, 6.07) is 9.15. The van der Waals surface area contributed by atoms with Crippen LogP contribution in [0.1, 0.15) is 155 Å². The SMILES string of the molecule is CC(C)C[C@@H]1NC(=O)[C@H](CCCN)NC(=O)[C@H](C(C)C)NC(=O)[C@]2(C[C@@H]2c2ccccc2)NC(=O)[C@H]2CCCN2C(=O)[C@H](CC(C)C)NC(=O)[C@H](CCCN)NC(=O)[C@H](C(C)C)NC(=O)[C@]2(C[C@@H]2c2ccccc2)NC(=O)[C@H]2CCCN2C1=O. The summed E-state index contributed by atoms with van der Waals surface area (Å²) in [4.78, 5) is 151. The zero-order chi connectivity index (χ0) is 61.2. The second kappa shape index (κ2) is 28.3. The molecule has 0 radical (unpaired) electrons. The lowest BCUT2D eigenvalue weighted by atomic mass is 9.98. The van der Waals surface area contributed by atoms with Gasteiger partial charge in [-0.15, -0.1) is 0 Å². The zero-order valence-corrected chi connectivity index (χ0v) is 50.3. The quantitative estimate of drug-likeness (QED) is 0.130. The number of nitrogens with zero attached hydrogens (tertiary/aromatic N) is 2. The van der Waals surface area contributed by atoms with Crippen molar-refractivity contribution >= 4 is 59.1 Å². The molecule has 2 saturated carbocycles. The minimum atomic E-state index is -1.55. The number of nitrogens with two attached hydrogens (primary N) is 2. The van der Waals surface area contributed by atoms with Gasteiger partial charge in [-0.3, -0.25) is 47.9 Å². The van der Waals surface area contributed by atoms with E-state index in [-0.39, 0.29) is 89.4 Å². The first-order valence-corrected chi connectivity index (χ1v) is 30.5. The maximum atomic E-state index is 15.0. The Morgan fingerprint density at radius 3 is 1.13 bits per heavy atom. The lowest BCUT2D eigenvalue weighted by Crippen LogP contribution is -2.63. The van der Waals surface area contributed by atoms with Gasteiger partial charge in [0.2, 0.25) is 59.1 Å². The molecule has 3 heterocycles. The van der Waals surface area contributed by atoms with Gasteiger partial charge in [-0.1, -0.05) is 116 Å². The minimum Gasteiger partial charge on any atom is -0.343 e. The van der Waals surface area contributed by atoms with Crippen molar-refractivity contribution in [2.24, 2.45) is 35.1 Å². The molecule has 5 fully saturated rings. The fourth-order valence-corrected chi connectivity index (χ4v) is 12.5. The summed E-state index contributed by atoms with van der Waals surface area (Å²) in [5, 5.41) is 23.5. The molecule has 3 saturated heterocycles. The molecule has 10 amide bonds. The first-order chi connectivity index (χ1) is 40.0. The van der Waals surface area contributed by atoms with Crippen molar-refractivity contribution in [1.82, 2.24) is 52.3 Å². The van der Waals surface area contributed by atoms with Crippen LogP contribution in [0.25, 0.3) is 0 Å². The molecule has 12 N–H and O–H groups in total. The fourth-order valence-electron chi connectivity index (χ4n) is 12.5. The van der Waals surface area contributed by atoms with Crippen LogP contribution in [0, 0.1) is 23.7 Å². The van der Waals surface area contributed by atoms with Crippen LogP contribution in [0.5, 0.6) is 0 Å². The normalized spacial score (nSPS) is 30.8. The van der Waals surface area contributed by atoms with Gasteiger partial charge in [-0.05, 0) is 125 Å². The van der Waals surface area contributed by atoms with E-state index < -0.39 is 142 Å². The van der Waals surface area contributed by atoms with Gasteiger partial charge in [0.25, 0.3) is 0 Å². The second-order valence-electron chi connectivity index (χ2n) is 25.4. The number of benzene rings is 2. The molecule has 2 aromatic rings. The average molecular weight is 1170 g/mol. The third-order valence-electron chi connectivity index (χ3n) is 17.3. The maximum absolute atomic E-state index is 15.0. The monoisotopic (exact) mass is 1160 g/mol. The molecule has 2 aromatic carbocycles. The number of amides is 10. The predicted octanol–water partition coefficient (Wildman–Crippen LogP) is 1.86. The van der Waals surface area contributed by atoms with E-state index in [9.17, 15) is 47.9 Å². The highest BCUT2D eigenvalue weighted by atomic mass is 16.2. The number of rotatable bonds is 14. The molecule has 12 atom stereocenters. The molecule has 22 nitrogen and oxygen atoms in total. The van der Waals surface area contributed by atoms with Gasteiger partial charge in [0.15, 0.2) is 0 Å². The van der Waals surface area contributed by atoms with Crippen LogP contribution in [0.3, 0.4) is 0 Å². The highest BCUT2D eigenvalue weighted by Gasteiger charge is 2.64. The first-order valence-electron chi connectivity index (χ1n) is 30.5. The van der Waals surface area contributed by atoms with Crippen LogP contribution in [-0.2, 0) is 47.9 Å². The van der Waals surface area contributed by atoms with E-state index in [1.165, 1.54) is 9.80 Å². The van der Waals surface area contributed by atoms with E-state index in [2.05, 4.69) is 42.5 Å². The largest absolute Gasteiger partial charge is 0.343 e. The van der Waals surface area contributed by atoms with Crippen molar-refractivity contribution in [3.05, 3.63) is 71.8 Å². The smallest absolute Gasteiger partial charge is 0.247 e. The van der Waals surface area contributed by atoms with Gasteiger partial charge in [-0.2, -0.15) is 0 Å². The van der Waals surface area contributed by atoms with Crippen molar-refractivity contribution in [3.8, 4) is 0 Å². The Balaban J connectivity index is 1.27. The van der Waals surface area contributed by atoms with E-state index in [4.69, 9.17) is 11.5 Å². The Kier molecular flexibility index (Phi) is 21.8. The third kappa shape index (κ3) is 15.1. The zero-order valence-electron chi connectivity index (χ0n) is 50.3. The van der Waals surface area contributed by atoms with Crippen LogP contribution in [0.4, 0.5) is 0 Å². The number of nitrogens with one attached hydrogen (secondary N) is 8. The van der Waals surface area contributed by atoms with Crippen molar-refractivity contribution < 1.29 is 47.9 Å². The average Bonchev–Trinajstić information content (AvgIpc) is 2.00. The molecule has 2 spiro atoms. The van der Waals surface area contributed by atoms with Gasteiger partial charge in [0, 0.05) is 24.9 Å². The summed E-state index contributed by atoms with van der Waals surface area (Å²) >= 11 is 0. The van der Waals surface area contributed by atoms with E-state index in [1.807, 2.05) is 88.4 Å². The van der Waals surface area contributed by atoms with Crippen molar-refractivity contribution in [3.63, 3.8) is 0 Å². The molecule has 460 valence electrons. The van der Waals surface area contributed by atoms with Crippen molar-refractivity contribution in [1.29, 1.82) is 0 Å². The van der Waals surface area contributed by atoms with Crippen LogP contribution >= 0.6 is 0 Å². The lowest BCUT2D eigenvalue weighted by molar-refractivity contribution is -0.143. The van der Waals surface area contributed by atoms with Crippen LogP contribution in [0.2, 0.25) is 0 Å². The van der Waals surface area contributed by atoms with Gasteiger partial charge in [0.05, 0.1) is 0 Å². The Morgan fingerprint density at radius 2 is 0.810 bits per heavy atom. The molecule has 0 unspecified atom stereocenters. The number of fused-ring (bicyclic) bond motifs is 2. The standard InChI is InChI=1S/C62H92N12O10/c1-35(2)31-45-57(81)73-29-17-25-47(73)53(77)71-61(33-41(61)39-19-11-9-12-20-39)59(83)70-50(38(7)8)56(80)66-44(24-16-28-64)52(76)68-46(32-36(3)4)58(82)74-30-18-26-48(74)54(78)72-62(34-42(62)40-21-13-10-14-22-40)60(84)69-49(37(5)6)55(79)65-43(23-15-27-63)51(75)67-45/h9-14,19-22,35-38,41-50H,15-18,23-34,63-64H2,1-8H3,(H,65,79)(H,66,80)(H,67,75)(H,68,76)(H,69,84)(H,70,83)(H,71,77)(H,72,78)/t41-,42-,43+,44+,45+,46+,47-,48-,49+,50+,61-,62-/m1/s1. The number of carbonyl (C=O) groups excluding carboxylic acids is 10. The Morgan fingerprint density at radius 1 is 0.464 bits per heavy atom. The molecule has 5 aliphatic rings. The highest BCUT2D eigenvalue weighted by Crippen LogP contribution is 2.53. The van der Waals surface area contributed by atoms with Gasteiger partial charge in [-0.25, -0.2) is 0 Å². The second-order valence-corrected chi connectivity index (χ2v) is 25.4. The number of hydrogen-bond acceptors (Lipinski definition) is 12. The Labute approximate surface area is 494 Å². The molecule has 3 aliphatic heterocycles. The summed E-state index contributed by atoms with van der Waals surface area (Å²) in [6.45, 7) is 15.2. The Bertz CT molecular complexity index is 2530. The van der Waals surface area contributed by atoms with Crippen LogP contribution in [0.15, 0.2) is 60.7 Å². The van der Waals surface area contributed by atoms with Gasteiger partial charge in [0.1, 0.15) is 59.4 Å². The van der Waals surface area contributed by atoms with E-state index >= 15 is 0 Å². The molecular formula is C62H92N12O10. The number of carbonyl (C=O) groups is 10. The van der Waals surface area contributed by atoms with Gasteiger partial charge < -0.3 is 63.8 Å². The molecule has 2 aliphatic carbocycles. The van der Waals surface area contributed by atoms with E-state index in [0.29, 0.717) is 25.7 Å². The number of hydrogen-bond donors (Lipinski definition) is 10. The summed E-state index contributed by atoms with van der Waals surface area (Å²) in [5.41, 5.74) is 10.4.